The summed E-state index contributed by atoms with van der Waals surface area (Å²) >= 11 is 0. The van der Waals surface area contributed by atoms with Crippen molar-refractivity contribution in [2.24, 2.45) is 0 Å². The fourth-order valence-electron chi connectivity index (χ4n) is 10.3. The molecule has 0 saturated carbocycles. The van der Waals surface area contributed by atoms with E-state index in [0.29, 0.717) is 25.9 Å². The zero-order valence-electron chi connectivity index (χ0n) is 50.3. The van der Waals surface area contributed by atoms with Crippen LogP contribution in [0.25, 0.3) is 0 Å². The van der Waals surface area contributed by atoms with Gasteiger partial charge in [0.05, 0.1) is 25.4 Å². The first kappa shape index (κ1) is 72.8. The zero-order valence-corrected chi connectivity index (χ0v) is 50.3. The number of unbranched alkanes of at least 4 members (excludes halogenated alkanes) is 43. The molecule has 0 saturated heterocycles. The van der Waals surface area contributed by atoms with Crippen LogP contribution in [0, 0.1) is 0 Å². The molecule has 0 bridgehead atoms. The van der Waals surface area contributed by atoms with Crippen molar-refractivity contribution in [1.29, 1.82) is 0 Å². The number of nitrogens with one attached hydrogen (secondary N) is 1. The zero-order chi connectivity index (χ0) is 54.3. The quantitative estimate of drug-likeness (QED) is 0.0320. The summed E-state index contributed by atoms with van der Waals surface area (Å²) in [6, 6.07) is -0.548. The van der Waals surface area contributed by atoms with Gasteiger partial charge in [0.15, 0.2) is 0 Å². The maximum absolute atomic E-state index is 12.5. The van der Waals surface area contributed by atoms with Gasteiger partial charge in [-0.2, -0.15) is 0 Å². The van der Waals surface area contributed by atoms with Crippen molar-refractivity contribution < 1.29 is 24.5 Å². The smallest absolute Gasteiger partial charge is 0.305 e. The first-order chi connectivity index (χ1) is 37.0. The van der Waals surface area contributed by atoms with Crippen LogP contribution in [0.3, 0.4) is 0 Å². The highest BCUT2D eigenvalue weighted by atomic mass is 16.5. The van der Waals surface area contributed by atoms with E-state index in [2.05, 4.69) is 67.8 Å². The van der Waals surface area contributed by atoms with E-state index in [1.807, 2.05) is 0 Å². The second-order valence-corrected chi connectivity index (χ2v) is 22.8. The van der Waals surface area contributed by atoms with E-state index >= 15 is 0 Å². The average Bonchev–Trinajstić information content (AvgIpc) is 3.41. The second-order valence-electron chi connectivity index (χ2n) is 22.8. The Morgan fingerprint density at radius 1 is 0.373 bits per heavy atom. The van der Waals surface area contributed by atoms with Gasteiger partial charge in [0.2, 0.25) is 5.91 Å². The number of hydrogen-bond donors (Lipinski definition) is 3. The summed E-state index contributed by atoms with van der Waals surface area (Å²) in [5.74, 6) is -0.0860. The number of carbonyl (C=O) groups excluding carboxylic acids is 2. The SMILES string of the molecule is CCCCC/C=C\C/C=C\CCCCCCCC(=O)OCC/C=C\C/C=C\CCCCCCCCCCCCCCCCC(=O)NC(CO)C(O)CCCCCCCCCCCCCCCCCCCCCCCC. The summed E-state index contributed by atoms with van der Waals surface area (Å²) in [5, 5.41) is 23.4. The molecular weight excluding hydrogens is 923 g/mol. The molecule has 2 atom stereocenters. The van der Waals surface area contributed by atoms with Gasteiger partial charge in [-0.15, -0.1) is 0 Å². The fourth-order valence-corrected chi connectivity index (χ4v) is 10.3. The standard InChI is InChI=1S/C69H129NO5/c1-3-5-7-9-11-13-15-17-19-20-21-22-24-27-30-34-37-41-45-49-53-57-61-67(72)66(65-71)70-68(73)62-58-54-50-46-42-38-35-31-28-25-23-26-29-32-36-40-44-48-52-56-60-64-75-69(74)63-59-55-51-47-43-39-33-18-16-14-12-10-8-6-4-2/h12,14,18,33,40,44,52,56,66-67,71-72H,3-11,13,15-17,19-32,34-39,41-43,45-51,53-55,57-65H2,1-2H3,(H,70,73)/b14-12-,33-18-,44-40-,56-52-. The van der Waals surface area contributed by atoms with E-state index < -0.39 is 12.1 Å². The molecule has 3 N–H and O–H groups in total. The Kier molecular flexibility index (Phi) is 62.5. The number of carbonyl (C=O) groups is 2. The van der Waals surface area contributed by atoms with Gasteiger partial charge in [0, 0.05) is 12.8 Å². The molecule has 1 amide bonds. The number of aliphatic hydroxyl groups excluding tert-OH is 2. The van der Waals surface area contributed by atoms with Gasteiger partial charge in [0.25, 0.3) is 0 Å². The molecule has 0 aromatic rings. The Morgan fingerprint density at radius 3 is 1.04 bits per heavy atom. The Labute approximate surface area is 467 Å². The van der Waals surface area contributed by atoms with E-state index in [0.717, 1.165) is 64.2 Å². The largest absolute Gasteiger partial charge is 0.465 e. The van der Waals surface area contributed by atoms with E-state index in [9.17, 15) is 19.8 Å². The first-order valence-corrected chi connectivity index (χ1v) is 33.4. The predicted molar refractivity (Wildman–Crippen MR) is 329 cm³/mol. The minimum absolute atomic E-state index is 0.0370. The van der Waals surface area contributed by atoms with Crippen molar-refractivity contribution in [3.8, 4) is 0 Å². The molecule has 440 valence electrons. The molecule has 6 heteroatoms. The van der Waals surface area contributed by atoms with Gasteiger partial charge >= 0.3 is 5.97 Å². The Bertz CT molecular complexity index is 1260. The molecule has 0 rings (SSSR count). The number of esters is 1. The molecular formula is C69H129NO5. The monoisotopic (exact) mass is 1050 g/mol. The molecule has 0 aromatic heterocycles. The van der Waals surface area contributed by atoms with Crippen molar-refractivity contribution in [3.63, 3.8) is 0 Å². The normalized spacial score (nSPS) is 12.9. The van der Waals surface area contributed by atoms with Crippen molar-refractivity contribution in [3.05, 3.63) is 48.6 Å². The Morgan fingerprint density at radius 2 is 0.667 bits per heavy atom. The number of amides is 1. The van der Waals surface area contributed by atoms with Gasteiger partial charge in [-0.25, -0.2) is 0 Å². The number of allylic oxidation sites excluding steroid dienone is 7. The van der Waals surface area contributed by atoms with E-state index in [1.165, 1.54) is 257 Å². The highest BCUT2D eigenvalue weighted by molar-refractivity contribution is 5.76. The average molecular weight is 1050 g/mol. The highest BCUT2D eigenvalue weighted by Gasteiger charge is 2.20. The lowest BCUT2D eigenvalue weighted by atomic mass is 10.0. The van der Waals surface area contributed by atoms with Crippen LogP contribution < -0.4 is 5.32 Å². The number of ether oxygens (including phenoxy) is 1. The maximum atomic E-state index is 12.5. The lowest BCUT2D eigenvalue weighted by Crippen LogP contribution is -2.45. The lowest BCUT2D eigenvalue weighted by molar-refractivity contribution is -0.143. The summed E-state index contributed by atoms with van der Waals surface area (Å²) in [4.78, 5) is 24.6. The van der Waals surface area contributed by atoms with Gasteiger partial charge in [-0.05, 0) is 77.0 Å². The van der Waals surface area contributed by atoms with Gasteiger partial charge in [-0.3, -0.25) is 9.59 Å². The van der Waals surface area contributed by atoms with Gasteiger partial charge in [0.1, 0.15) is 0 Å². The third-order valence-electron chi connectivity index (χ3n) is 15.4. The Hall–Kier alpha value is -2.18. The molecule has 0 heterocycles. The minimum atomic E-state index is -0.670. The first-order valence-electron chi connectivity index (χ1n) is 33.4. The van der Waals surface area contributed by atoms with Crippen molar-refractivity contribution in [2.45, 2.75) is 366 Å². The van der Waals surface area contributed by atoms with Crippen LogP contribution >= 0.6 is 0 Å². The maximum Gasteiger partial charge on any atom is 0.305 e. The van der Waals surface area contributed by atoms with Crippen LogP contribution in [0.1, 0.15) is 354 Å². The third kappa shape index (κ3) is 60.9. The van der Waals surface area contributed by atoms with Crippen LogP contribution in [-0.4, -0.2) is 47.4 Å². The molecule has 0 aliphatic heterocycles. The van der Waals surface area contributed by atoms with Crippen LogP contribution in [0.4, 0.5) is 0 Å². The van der Waals surface area contributed by atoms with Crippen LogP contribution in [0.2, 0.25) is 0 Å². The molecule has 6 nitrogen and oxygen atoms in total. The number of aliphatic hydroxyl groups is 2. The molecule has 0 aliphatic carbocycles. The molecule has 75 heavy (non-hydrogen) atoms. The predicted octanol–water partition coefficient (Wildman–Crippen LogP) is 21.3. The van der Waals surface area contributed by atoms with Crippen molar-refractivity contribution in [1.82, 2.24) is 5.32 Å². The summed E-state index contributed by atoms with van der Waals surface area (Å²) in [7, 11) is 0. The summed E-state index contributed by atoms with van der Waals surface area (Å²) in [6.07, 6.45) is 82.9. The number of hydrogen-bond acceptors (Lipinski definition) is 5. The van der Waals surface area contributed by atoms with E-state index in [4.69, 9.17) is 4.74 Å². The molecule has 0 spiro atoms. The van der Waals surface area contributed by atoms with Crippen LogP contribution in [0.5, 0.6) is 0 Å². The summed E-state index contributed by atoms with van der Waals surface area (Å²) in [6.45, 7) is 4.83. The van der Waals surface area contributed by atoms with Gasteiger partial charge in [-0.1, -0.05) is 313 Å². The third-order valence-corrected chi connectivity index (χ3v) is 15.4. The Balaban J connectivity index is 3.46. The van der Waals surface area contributed by atoms with Crippen LogP contribution in [0.15, 0.2) is 48.6 Å². The second kappa shape index (κ2) is 64.3. The fraction of sp³-hybridized carbons (Fsp3) is 0.855. The summed E-state index contributed by atoms with van der Waals surface area (Å²) < 4.78 is 5.41. The lowest BCUT2D eigenvalue weighted by Gasteiger charge is -2.22. The number of rotatable bonds is 62. The minimum Gasteiger partial charge on any atom is -0.465 e. The topological polar surface area (TPSA) is 95.9 Å². The van der Waals surface area contributed by atoms with E-state index in [1.54, 1.807) is 0 Å². The molecule has 0 aromatic carbocycles. The molecule has 2 unspecified atom stereocenters. The summed E-state index contributed by atoms with van der Waals surface area (Å²) in [5.41, 5.74) is 0. The highest BCUT2D eigenvalue weighted by Crippen LogP contribution is 2.18. The molecule has 0 fully saturated rings. The molecule has 0 aliphatic rings. The molecule has 0 radical (unpaired) electrons. The van der Waals surface area contributed by atoms with Crippen molar-refractivity contribution >= 4 is 11.9 Å². The van der Waals surface area contributed by atoms with E-state index in [-0.39, 0.29) is 18.5 Å². The van der Waals surface area contributed by atoms with Gasteiger partial charge < -0.3 is 20.3 Å². The van der Waals surface area contributed by atoms with Crippen molar-refractivity contribution in [2.75, 3.05) is 13.2 Å². The van der Waals surface area contributed by atoms with Crippen LogP contribution in [-0.2, 0) is 14.3 Å².